The van der Waals surface area contributed by atoms with Gasteiger partial charge in [-0.05, 0) is 113 Å². The van der Waals surface area contributed by atoms with Gasteiger partial charge in [-0.3, -0.25) is 19.2 Å². The van der Waals surface area contributed by atoms with E-state index in [0.29, 0.717) is 36.8 Å². The predicted octanol–water partition coefficient (Wildman–Crippen LogP) is 10.9. The van der Waals surface area contributed by atoms with Crippen molar-refractivity contribution in [3.63, 3.8) is 0 Å². The summed E-state index contributed by atoms with van der Waals surface area (Å²) in [5.41, 5.74) is -2.37. The van der Waals surface area contributed by atoms with Gasteiger partial charge >= 0.3 is 23.9 Å². The summed E-state index contributed by atoms with van der Waals surface area (Å²) in [5, 5.41) is 43.1. The van der Waals surface area contributed by atoms with Crippen molar-refractivity contribution in [1.82, 2.24) is 10.6 Å². The zero-order valence-corrected chi connectivity index (χ0v) is 37.5. The first-order valence-electron chi connectivity index (χ1n) is 23.4. The quantitative estimate of drug-likeness (QED) is 0.0262. The van der Waals surface area contributed by atoms with Crippen molar-refractivity contribution in [3.8, 4) is 0 Å². The van der Waals surface area contributed by atoms with Crippen LogP contribution in [0.15, 0.2) is 24.3 Å². The van der Waals surface area contributed by atoms with Gasteiger partial charge in [0.25, 0.3) is 0 Å². The maximum absolute atomic E-state index is 14.5. The van der Waals surface area contributed by atoms with Crippen molar-refractivity contribution in [1.29, 1.82) is 0 Å². The molecule has 2 aromatic rings. The Hall–Kier alpha value is -4.04. The number of benzene rings is 2. The second kappa shape index (κ2) is 27.3. The van der Waals surface area contributed by atoms with E-state index in [2.05, 4.69) is 24.5 Å². The average molecular weight is 893 g/mol. The molecule has 6 N–H and O–H groups in total. The molecule has 0 heterocycles. The summed E-state index contributed by atoms with van der Waals surface area (Å²) in [4.78, 5) is 45.5. The molecule has 354 valence electrons. The first-order chi connectivity index (χ1) is 30.1. The van der Waals surface area contributed by atoms with Crippen molar-refractivity contribution in [2.75, 3.05) is 6.54 Å². The highest BCUT2D eigenvalue weighted by atomic mass is 19.1. The summed E-state index contributed by atoms with van der Waals surface area (Å²) in [6.45, 7) is 4.54. The van der Waals surface area contributed by atoms with Gasteiger partial charge in [-0.25, -0.2) is 17.6 Å². The molecule has 2 aromatic carbocycles. The van der Waals surface area contributed by atoms with Crippen molar-refractivity contribution < 1.29 is 57.2 Å². The summed E-state index contributed by atoms with van der Waals surface area (Å²) >= 11 is 0. The van der Waals surface area contributed by atoms with E-state index in [1.807, 2.05) is 0 Å². The molecular formula is C49H72F4N2O8. The molecule has 0 aliphatic heterocycles. The molecule has 2 saturated carbocycles. The lowest BCUT2D eigenvalue weighted by molar-refractivity contribution is -0.166. The highest BCUT2D eigenvalue weighted by Crippen LogP contribution is 2.40. The van der Waals surface area contributed by atoms with Crippen molar-refractivity contribution >= 4 is 23.9 Å². The van der Waals surface area contributed by atoms with Crippen LogP contribution in [0.2, 0.25) is 0 Å². The van der Waals surface area contributed by atoms with Crippen LogP contribution in [-0.2, 0) is 45.0 Å². The number of carboxylic acids is 4. The molecule has 10 nitrogen and oxygen atoms in total. The Balaban J connectivity index is 0.000000335. The number of nitrogens with one attached hydrogen (secondary N) is 2. The Morgan fingerprint density at radius 3 is 1.19 bits per heavy atom. The molecule has 0 spiro atoms. The van der Waals surface area contributed by atoms with Gasteiger partial charge < -0.3 is 31.1 Å². The molecule has 2 fully saturated rings. The minimum atomic E-state index is -1.82. The van der Waals surface area contributed by atoms with Gasteiger partial charge in [0.1, 0.15) is 23.3 Å². The second-order valence-corrected chi connectivity index (χ2v) is 17.9. The highest BCUT2D eigenvalue weighted by Gasteiger charge is 2.53. The van der Waals surface area contributed by atoms with Crippen LogP contribution in [-0.4, -0.2) is 62.9 Å². The summed E-state index contributed by atoms with van der Waals surface area (Å²) in [6.07, 6.45) is 20.8. The molecule has 0 saturated heterocycles. The minimum absolute atomic E-state index is 0.00214. The molecule has 2 atom stereocenters. The van der Waals surface area contributed by atoms with Gasteiger partial charge in [-0.15, -0.1) is 0 Å². The third-order valence-electron chi connectivity index (χ3n) is 13.1. The number of halogens is 4. The first kappa shape index (κ1) is 53.3. The van der Waals surface area contributed by atoms with E-state index < -0.39 is 64.0 Å². The van der Waals surface area contributed by atoms with Crippen molar-refractivity contribution in [2.24, 2.45) is 10.8 Å². The van der Waals surface area contributed by atoms with Gasteiger partial charge in [0.05, 0.1) is 0 Å². The summed E-state index contributed by atoms with van der Waals surface area (Å²) in [7, 11) is 0. The predicted molar refractivity (Wildman–Crippen MR) is 235 cm³/mol. The van der Waals surface area contributed by atoms with E-state index in [0.717, 1.165) is 38.5 Å². The smallest absolute Gasteiger partial charge is 0.321 e. The van der Waals surface area contributed by atoms with Crippen LogP contribution in [0.1, 0.15) is 177 Å². The molecule has 2 aliphatic rings. The third-order valence-corrected chi connectivity index (χ3v) is 13.1. The molecule has 0 aromatic heterocycles. The zero-order chi connectivity index (χ0) is 46.4. The van der Waals surface area contributed by atoms with Crippen LogP contribution in [0.25, 0.3) is 0 Å². The molecule has 2 unspecified atom stereocenters. The van der Waals surface area contributed by atoms with Crippen LogP contribution in [0.5, 0.6) is 0 Å². The van der Waals surface area contributed by atoms with E-state index in [1.54, 1.807) is 0 Å². The molecule has 63 heavy (non-hydrogen) atoms. The Bertz CT molecular complexity index is 1700. The zero-order valence-electron chi connectivity index (χ0n) is 37.5. The van der Waals surface area contributed by atoms with Gasteiger partial charge in [0, 0.05) is 29.8 Å². The topological polar surface area (TPSA) is 173 Å². The molecule has 14 heteroatoms. The van der Waals surface area contributed by atoms with Gasteiger partial charge in [0.2, 0.25) is 0 Å². The van der Waals surface area contributed by atoms with E-state index in [9.17, 15) is 57.2 Å². The number of aliphatic carboxylic acids is 4. The number of hydrogen-bond donors (Lipinski definition) is 6. The Morgan fingerprint density at radius 2 is 0.841 bits per heavy atom. The standard InChI is InChI=1S/C25H37F2NO4.C24H35F2NO4/c1-2-3-4-5-6-7-8-9-10-18-15-21(26)20(22(27)16-18)12-14-28-19-11-13-25(17-19,23(29)30)24(31)32;1-2-3-4-5-6-7-8-9-10-17-13-20(25)19(21(26)14-17)16-27-18-11-12-24(15-18,22(28)29)23(30)31/h15-16,19,28H,2-14,17H2,1H3,(H,29,30)(H,31,32);13-14,18,27H,2-12,15-16H2,1H3,(H,28,29)(H,30,31). The highest BCUT2D eigenvalue weighted by molar-refractivity contribution is 5.99. The van der Waals surface area contributed by atoms with E-state index in [-0.39, 0.29) is 62.4 Å². The summed E-state index contributed by atoms with van der Waals surface area (Å²) < 4.78 is 57.9. The lowest BCUT2D eigenvalue weighted by Crippen LogP contribution is -2.39. The number of aryl methyl sites for hydroxylation is 2. The van der Waals surface area contributed by atoms with Gasteiger partial charge in [-0.2, -0.15) is 0 Å². The van der Waals surface area contributed by atoms with Crippen molar-refractivity contribution in [2.45, 2.75) is 193 Å². The minimum Gasteiger partial charge on any atom is -0.480 e. The number of carbonyl (C=O) groups is 4. The van der Waals surface area contributed by atoms with Crippen LogP contribution in [0.3, 0.4) is 0 Å². The number of carboxylic acid groups (broad SMARTS) is 4. The summed E-state index contributed by atoms with van der Waals surface area (Å²) in [5.74, 6) is -7.77. The van der Waals surface area contributed by atoms with Crippen LogP contribution in [0.4, 0.5) is 17.6 Å². The van der Waals surface area contributed by atoms with E-state index >= 15 is 0 Å². The maximum atomic E-state index is 14.5. The Kier molecular flexibility index (Phi) is 23.1. The monoisotopic (exact) mass is 893 g/mol. The van der Waals surface area contributed by atoms with Gasteiger partial charge in [0.15, 0.2) is 10.8 Å². The Morgan fingerprint density at radius 1 is 0.508 bits per heavy atom. The SMILES string of the molecule is CCCCCCCCCCc1cc(F)c(CCNC2CCC(C(=O)O)(C(=O)O)C2)c(F)c1.CCCCCCCCCCc1cc(F)c(CNC2CCC(C(=O)O)(C(=O)O)C2)c(F)c1. The third kappa shape index (κ3) is 16.5. The van der Waals surface area contributed by atoms with Crippen molar-refractivity contribution in [3.05, 3.63) is 69.8 Å². The molecule has 0 amide bonds. The first-order valence-corrected chi connectivity index (χ1v) is 23.4. The normalized spacial score (nSPS) is 17.6. The van der Waals surface area contributed by atoms with Gasteiger partial charge in [-0.1, -0.05) is 104 Å². The second-order valence-electron chi connectivity index (χ2n) is 17.9. The number of rotatable bonds is 29. The molecule has 0 bridgehead atoms. The average Bonchev–Trinajstić information content (AvgIpc) is 3.88. The lowest BCUT2D eigenvalue weighted by Gasteiger charge is -2.19. The van der Waals surface area contributed by atoms with E-state index in [1.165, 1.54) is 88.5 Å². The fourth-order valence-corrected chi connectivity index (χ4v) is 8.98. The molecule has 0 radical (unpaired) electrons. The van der Waals surface area contributed by atoms with E-state index in [4.69, 9.17) is 0 Å². The number of unbranched alkanes of at least 4 members (excludes halogenated alkanes) is 14. The van der Waals surface area contributed by atoms with Crippen LogP contribution < -0.4 is 10.6 Å². The largest absolute Gasteiger partial charge is 0.480 e. The fraction of sp³-hybridized carbons (Fsp3) is 0.673. The Labute approximate surface area is 371 Å². The molecule has 4 rings (SSSR count). The van der Waals surface area contributed by atoms with Crippen LogP contribution in [0, 0.1) is 34.1 Å². The number of hydrogen-bond acceptors (Lipinski definition) is 6. The molecule has 2 aliphatic carbocycles. The lowest BCUT2D eigenvalue weighted by atomic mass is 9.86. The molecular weight excluding hydrogens is 821 g/mol. The maximum Gasteiger partial charge on any atom is 0.321 e. The van der Waals surface area contributed by atoms with Crippen LogP contribution >= 0.6 is 0 Å². The fourth-order valence-electron chi connectivity index (χ4n) is 8.98. The summed E-state index contributed by atoms with van der Waals surface area (Å²) in [6, 6.07) is 4.85.